The Hall–Kier alpha value is -3.43. The summed E-state index contributed by atoms with van der Waals surface area (Å²) < 4.78 is 28.3. The summed E-state index contributed by atoms with van der Waals surface area (Å²) in [4.78, 5) is 24.6. The molecule has 3 heterocycles. The molecular formula is C25H24FN5O2S. The predicted octanol–water partition coefficient (Wildman–Crippen LogP) is 3.40. The lowest BCUT2D eigenvalue weighted by Crippen LogP contribution is -2.34. The van der Waals surface area contributed by atoms with Crippen LogP contribution in [-0.2, 0) is 10.8 Å². The van der Waals surface area contributed by atoms with Crippen molar-refractivity contribution in [1.82, 2.24) is 24.8 Å². The molecule has 4 aromatic rings. The Morgan fingerprint density at radius 2 is 1.88 bits per heavy atom. The van der Waals surface area contributed by atoms with Gasteiger partial charge in [-0.15, -0.1) is 0 Å². The van der Waals surface area contributed by atoms with Gasteiger partial charge < -0.3 is 10.2 Å². The Balaban J connectivity index is 1.56. The molecule has 1 N–H and O–H groups in total. The van der Waals surface area contributed by atoms with Crippen LogP contribution in [0.2, 0.25) is 0 Å². The zero-order valence-electron chi connectivity index (χ0n) is 18.7. The second-order valence-corrected chi connectivity index (χ2v) is 9.54. The molecule has 1 amide bonds. The maximum Gasteiger partial charge on any atom is 0.253 e. The van der Waals surface area contributed by atoms with E-state index in [4.69, 9.17) is 0 Å². The maximum atomic E-state index is 14.2. The minimum absolute atomic E-state index is 0.0339. The van der Waals surface area contributed by atoms with Crippen molar-refractivity contribution < 1.29 is 13.4 Å². The normalized spacial score (nSPS) is 15.3. The molecule has 0 radical (unpaired) electrons. The molecule has 0 aliphatic carbocycles. The van der Waals surface area contributed by atoms with Gasteiger partial charge in [-0.1, -0.05) is 24.3 Å². The average Bonchev–Trinajstić information content (AvgIpc) is 3.02. The average molecular weight is 478 g/mol. The highest BCUT2D eigenvalue weighted by Gasteiger charge is 2.20. The fourth-order valence-corrected chi connectivity index (χ4v) is 4.97. The topological polar surface area (TPSA) is 80.1 Å². The summed E-state index contributed by atoms with van der Waals surface area (Å²) in [6.07, 6.45) is 7.39. The molecule has 0 spiro atoms. The Morgan fingerprint density at radius 3 is 2.65 bits per heavy atom. The van der Waals surface area contributed by atoms with Gasteiger partial charge in [0.15, 0.2) is 0 Å². The van der Waals surface area contributed by atoms with Crippen molar-refractivity contribution in [2.75, 3.05) is 32.4 Å². The summed E-state index contributed by atoms with van der Waals surface area (Å²) in [5.74, 6) is -0.0282. The van der Waals surface area contributed by atoms with Crippen LogP contribution in [0.1, 0.15) is 16.8 Å². The number of nitrogens with zero attached hydrogens (tertiary/aromatic N) is 4. The molecule has 174 valence electrons. The number of hydrogen-bond donors (Lipinski definition) is 1. The smallest absolute Gasteiger partial charge is 0.253 e. The van der Waals surface area contributed by atoms with Crippen molar-refractivity contribution in [3.8, 4) is 17.1 Å². The molecule has 1 atom stereocenters. The highest BCUT2D eigenvalue weighted by molar-refractivity contribution is 7.84. The van der Waals surface area contributed by atoms with Gasteiger partial charge in [-0.25, -0.2) is 14.4 Å². The van der Waals surface area contributed by atoms with Gasteiger partial charge in [0, 0.05) is 66.6 Å². The summed E-state index contributed by atoms with van der Waals surface area (Å²) >= 11 is 0. The quantitative estimate of drug-likeness (QED) is 0.487. The lowest BCUT2D eigenvalue weighted by Gasteiger charge is -2.20. The number of rotatable bonds is 4. The van der Waals surface area contributed by atoms with Crippen LogP contribution in [0.5, 0.6) is 0 Å². The molecule has 1 aliphatic heterocycles. The zero-order chi connectivity index (χ0) is 23.7. The Labute approximate surface area is 199 Å². The molecule has 34 heavy (non-hydrogen) atoms. The lowest BCUT2D eigenvalue weighted by molar-refractivity contribution is 0.0766. The predicted molar refractivity (Wildman–Crippen MR) is 130 cm³/mol. The van der Waals surface area contributed by atoms with Gasteiger partial charge in [-0.2, -0.15) is 0 Å². The number of hydrogen-bond acceptors (Lipinski definition) is 5. The number of benzene rings is 2. The second-order valence-electron chi connectivity index (χ2n) is 8.20. The third kappa shape index (κ3) is 4.24. The number of carbonyl (C=O) groups is 1. The molecule has 9 heteroatoms. The van der Waals surface area contributed by atoms with Crippen molar-refractivity contribution in [3.05, 3.63) is 72.4 Å². The van der Waals surface area contributed by atoms with E-state index in [1.807, 2.05) is 11.0 Å². The largest absolute Gasteiger partial charge is 0.337 e. The second kappa shape index (κ2) is 9.44. The van der Waals surface area contributed by atoms with E-state index in [-0.39, 0.29) is 11.7 Å². The number of aromatic nitrogens is 3. The molecule has 1 saturated heterocycles. The molecule has 5 rings (SSSR count). The summed E-state index contributed by atoms with van der Waals surface area (Å²) in [5, 5.41) is 4.08. The van der Waals surface area contributed by atoms with E-state index >= 15 is 0 Å². The van der Waals surface area contributed by atoms with Crippen molar-refractivity contribution in [1.29, 1.82) is 0 Å². The van der Waals surface area contributed by atoms with Crippen molar-refractivity contribution in [2.24, 2.45) is 0 Å². The van der Waals surface area contributed by atoms with Gasteiger partial charge in [-0.05, 0) is 31.2 Å². The minimum Gasteiger partial charge on any atom is -0.337 e. The van der Waals surface area contributed by atoms with Gasteiger partial charge in [0.05, 0.1) is 21.2 Å². The van der Waals surface area contributed by atoms with Crippen molar-refractivity contribution >= 4 is 27.6 Å². The summed E-state index contributed by atoms with van der Waals surface area (Å²) in [7, 11) is -1.25. The summed E-state index contributed by atoms with van der Waals surface area (Å²) in [6.45, 7) is 3.03. The van der Waals surface area contributed by atoms with Gasteiger partial charge in [0.2, 0.25) is 5.95 Å². The standard InChI is InChI=1S/C25H24FN5O2S/c1-34(33)23-16-31(25-28-14-18(15-29-25)19-5-2-3-6-21(19)26)22-13-17(7-8-20(22)23)24(32)30-11-4-9-27-10-12-30/h2-3,5-8,13-16,27H,4,9-12H2,1H3. The first-order valence-electron chi connectivity index (χ1n) is 11.1. The first-order chi connectivity index (χ1) is 16.5. The third-order valence-corrected chi connectivity index (χ3v) is 6.94. The van der Waals surface area contributed by atoms with E-state index in [2.05, 4.69) is 15.3 Å². The van der Waals surface area contributed by atoms with Crippen LogP contribution in [0, 0.1) is 5.82 Å². The number of amides is 1. The summed E-state index contributed by atoms with van der Waals surface area (Å²) in [5.41, 5.74) is 2.23. The minimum atomic E-state index is -1.25. The molecule has 0 saturated carbocycles. The van der Waals surface area contributed by atoms with E-state index in [9.17, 15) is 13.4 Å². The SMILES string of the molecule is CS(=O)c1cn(-c2ncc(-c3ccccc3F)cn2)c2cc(C(=O)N3CCCNCC3)ccc12. The number of carbonyl (C=O) groups excluding carboxylic acids is 1. The molecule has 1 unspecified atom stereocenters. The Morgan fingerprint density at radius 1 is 1.09 bits per heavy atom. The van der Waals surface area contributed by atoms with Crippen LogP contribution < -0.4 is 5.32 Å². The monoisotopic (exact) mass is 477 g/mol. The molecule has 0 bridgehead atoms. The fourth-order valence-electron chi connectivity index (χ4n) is 4.23. The highest BCUT2D eigenvalue weighted by Crippen LogP contribution is 2.28. The Bertz CT molecular complexity index is 1380. The first kappa shape index (κ1) is 22.4. The summed E-state index contributed by atoms with van der Waals surface area (Å²) in [6, 6.07) is 11.9. The van der Waals surface area contributed by atoms with Crippen LogP contribution >= 0.6 is 0 Å². The van der Waals surface area contributed by atoms with Crippen LogP contribution in [0.3, 0.4) is 0 Å². The molecule has 2 aromatic heterocycles. The number of nitrogens with one attached hydrogen (secondary N) is 1. The number of halogens is 1. The van der Waals surface area contributed by atoms with Crippen LogP contribution in [0.25, 0.3) is 28.0 Å². The maximum absolute atomic E-state index is 14.2. The molecular weight excluding hydrogens is 453 g/mol. The van der Waals surface area contributed by atoms with E-state index in [1.165, 1.54) is 6.07 Å². The molecule has 7 nitrogen and oxygen atoms in total. The molecule has 1 aliphatic rings. The van der Waals surface area contributed by atoms with Crippen LogP contribution in [0.15, 0.2) is 66.0 Å². The zero-order valence-corrected chi connectivity index (χ0v) is 19.5. The molecule has 1 fully saturated rings. The van der Waals surface area contributed by atoms with Gasteiger partial charge in [0.25, 0.3) is 5.91 Å². The van der Waals surface area contributed by atoms with Gasteiger partial charge in [0.1, 0.15) is 5.82 Å². The van der Waals surface area contributed by atoms with E-state index in [0.717, 1.165) is 24.9 Å². The van der Waals surface area contributed by atoms with E-state index in [1.54, 1.807) is 59.7 Å². The van der Waals surface area contributed by atoms with Crippen LogP contribution in [0.4, 0.5) is 4.39 Å². The van der Waals surface area contributed by atoms with Crippen LogP contribution in [-0.4, -0.2) is 62.0 Å². The van der Waals surface area contributed by atoms with E-state index < -0.39 is 10.8 Å². The first-order valence-corrected chi connectivity index (χ1v) is 12.6. The Kier molecular flexibility index (Phi) is 6.21. The van der Waals surface area contributed by atoms with Crippen molar-refractivity contribution in [2.45, 2.75) is 11.3 Å². The lowest BCUT2D eigenvalue weighted by atomic mass is 10.1. The van der Waals surface area contributed by atoms with Gasteiger partial charge in [-0.3, -0.25) is 13.6 Å². The number of fused-ring (bicyclic) bond motifs is 1. The third-order valence-electron chi connectivity index (χ3n) is 5.99. The highest BCUT2D eigenvalue weighted by atomic mass is 32.2. The van der Waals surface area contributed by atoms with Crippen molar-refractivity contribution in [3.63, 3.8) is 0 Å². The molecule has 2 aromatic carbocycles. The van der Waals surface area contributed by atoms with Gasteiger partial charge >= 0.3 is 0 Å². The fraction of sp³-hybridized carbons (Fsp3) is 0.240. The van der Waals surface area contributed by atoms with E-state index in [0.29, 0.717) is 46.1 Å².